The molecule has 2 heterocycles. The number of hydrogen-bond acceptors (Lipinski definition) is 5. The number of rotatable bonds is 5. The average Bonchev–Trinajstić information content (AvgIpc) is 3.47. The molecule has 5 rings (SSSR count). The Kier molecular flexibility index (Phi) is 4.50. The van der Waals surface area contributed by atoms with E-state index in [1.54, 1.807) is 0 Å². The number of tetrazole rings is 1. The molecule has 30 heavy (non-hydrogen) atoms. The number of carbonyl (C=O) groups is 1. The van der Waals surface area contributed by atoms with E-state index in [1.165, 1.54) is 0 Å². The van der Waals surface area contributed by atoms with Gasteiger partial charge < -0.3 is 5.32 Å². The SMILES string of the molecule is Cc1nc2ccccc2c(C)c1CC(=O)Nc1cccc(-c2nnnn2C2CC2)c1. The Morgan fingerprint density at radius 1 is 1.13 bits per heavy atom. The summed E-state index contributed by atoms with van der Waals surface area (Å²) in [5.74, 6) is 0.663. The third kappa shape index (κ3) is 3.43. The summed E-state index contributed by atoms with van der Waals surface area (Å²) in [4.78, 5) is 17.5. The van der Waals surface area contributed by atoms with Crippen molar-refractivity contribution in [3.63, 3.8) is 0 Å². The summed E-state index contributed by atoms with van der Waals surface area (Å²) in [6.45, 7) is 4.01. The van der Waals surface area contributed by atoms with Crippen molar-refractivity contribution in [2.75, 3.05) is 5.32 Å². The van der Waals surface area contributed by atoms with E-state index in [-0.39, 0.29) is 12.3 Å². The van der Waals surface area contributed by atoms with Crippen molar-refractivity contribution >= 4 is 22.5 Å². The highest BCUT2D eigenvalue weighted by Gasteiger charge is 2.28. The van der Waals surface area contributed by atoms with Crippen molar-refractivity contribution in [2.24, 2.45) is 0 Å². The Bertz CT molecular complexity index is 1260. The van der Waals surface area contributed by atoms with Crippen LogP contribution in [-0.2, 0) is 11.2 Å². The maximum Gasteiger partial charge on any atom is 0.228 e. The second-order valence-electron chi connectivity index (χ2n) is 7.80. The summed E-state index contributed by atoms with van der Waals surface area (Å²) >= 11 is 0. The van der Waals surface area contributed by atoms with Crippen molar-refractivity contribution in [1.82, 2.24) is 25.2 Å². The van der Waals surface area contributed by atoms with Crippen LogP contribution in [0.1, 0.15) is 35.7 Å². The van der Waals surface area contributed by atoms with Gasteiger partial charge in [-0.05, 0) is 66.4 Å². The molecule has 0 bridgehead atoms. The summed E-state index contributed by atoms with van der Waals surface area (Å²) in [7, 11) is 0. The molecule has 2 aromatic carbocycles. The fraction of sp³-hybridized carbons (Fsp3) is 0.261. The van der Waals surface area contributed by atoms with E-state index in [1.807, 2.05) is 60.1 Å². The highest BCUT2D eigenvalue weighted by atomic mass is 16.1. The van der Waals surface area contributed by atoms with Crippen LogP contribution in [0.3, 0.4) is 0 Å². The molecule has 0 unspecified atom stereocenters. The van der Waals surface area contributed by atoms with Gasteiger partial charge in [-0.1, -0.05) is 30.3 Å². The number of amides is 1. The Hall–Kier alpha value is -3.61. The number of nitrogens with one attached hydrogen (secondary N) is 1. The van der Waals surface area contributed by atoms with Crippen molar-refractivity contribution < 1.29 is 4.79 Å². The predicted octanol–water partition coefficient (Wildman–Crippen LogP) is 4.02. The molecule has 0 radical (unpaired) electrons. The van der Waals surface area contributed by atoms with Crippen molar-refractivity contribution in [3.8, 4) is 11.4 Å². The van der Waals surface area contributed by atoms with E-state index in [9.17, 15) is 4.79 Å². The van der Waals surface area contributed by atoms with Gasteiger partial charge in [-0.2, -0.15) is 0 Å². The highest BCUT2D eigenvalue weighted by Crippen LogP contribution is 2.36. The molecule has 1 aliphatic rings. The molecule has 7 heteroatoms. The predicted molar refractivity (Wildman–Crippen MR) is 115 cm³/mol. The van der Waals surface area contributed by atoms with E-state index in [0.29, 0.717) is 6.04 Å². The summed E-state index contributed by atoms with van der Waals surface area (Å²) < 4.78 is 1.87. The first kappa shape index (κ1) is 18.4. The van der Waals surface area contributed by atoms with E-state index >= 15 is 0 Å². The minimum absolute atomic E-state index is 0.0720. The van der Waals surface area contributed by atoms with E-state index in [4.69, 9.17) is 0 Å². The fourth-order valence-corrected chi connectivity index (χ4v) is 3.88. The third-order valence-electron chi connectivity index (χ3n) is 5.61. The van der Waals surface area contributed by atoms with Crippen LogP contribution >= 0.6 is 0 Å². The number of fused-ring (bicyclic) bond motifs is 1. The van der Waals surface area contributed by atoms with Crippen LogP contribution in [0.25, 0.3) is 22.3 Å². The Morgan fingerprint density at radius 2 is 1.97 bits per heavy atom. The molecule has 2 aromatic heterocycles. The average molecular weight is 398 g/mol. The highest BCUT2D eigenvalue weighted by molar-refractivity contribution is 5.94. The molecule has 1 aliphatic carbocycles. The quantitative estimate of drug-likeness (QED) is 0.549. The van der Waals surface area contributed by atoms with Gasteiger partial charge in [0, 0.05) is 22.3 Å². The first-order valence-corrected chi connectivity index (χ1v) is 10.1. The molecule has 1 amide bonds. The van der Waals surface area contributed by atoms with E-state index in [0.717, 1.165) is 57.6 Å². The monoisotopic (exact) mass is 398 g/mol. The number of para-hydroxylation sites is 1. The number of carbonyl (C=O) groups excluding carboxylic acids is 1. The van der Waals surface area contributed by atoms with Crippen LogP contribution in [0, 0.1) is 13.8 Å². The van der Waals surface area contributed by atoms with Gasteiger partial charge in [-0.3, -0.25) is 9.78 Å². The number of aryl methyl sites for hydroxylation is 2. The van der Waals surface area contributed by atoms with Gasteiger partial charge in [0.05, 0.1) is 18.0 Å². The number of aromatic nitrogens is 5. The zero-order valence-electron chi connectivity index (χ0n) is 17.0. The van der Waals surface area contributed by atoms with Gasteiger partial charge in [0.15, 0.2) is 5.82 Å². The number of pyridine rings is 1. The smallest absolute Gasteiger partial charge is 0.228 e. The zero-order valence-corrected chi connectivity index (χ0v) is 17.0. The summed E-state index contributed by atoms with van der Waals surface area (Å²) in [6, 6.07) is 16.1. The summed E-state index contributed by atoms with van der Waals surface area (Å²) in [5, 5.41) is 16.2. The van der Waals surface area contributed by atoms with Crippen LogP contribution in [0.4, 0.5) is 5.69 Å². The Labute approximate surface area is 174 Å². The lowest BCUT2D eigenvalue weighted by molar-refractivity contribution is -0.115. The lowest BCUT2D eigenvalue weighted by Crippen LogP contribution is -2.16. The molecule has 0 aliphatic heterocycles. The van der Waals surface area contributed by atoms with Gasteiger partial charge in [0.2, 0.25) is 5.91 Å². The zero-order chi connectivity index (χ0) is 20.7. The molecule has 0 saturated heterocycles. The summed E-state index contributed by atoms with van der Waals surface area (Å²) in [6.07, 6.45) is 2.49. The molecule has 0 spiro atoms. The minimum Gasteiger partial charge on any atom is -0.326 e. The van der Waals surface area contributed by atoms with Crippen molar-refractivity contribution in [1.29, 1.82) is 0 Å². The summed E-state index contributed by atoms with van der Waals surface area (Å²) in [5.41, 5.74) is 5.54. The first-order chi connectivity index (χ1) is 14.6. The maximum atomic E-state index is 12.8. The largest absolute Gasteiger partial charge is 0.326 e. The molecule has 1 saturated carbocycles. The van der Waals surface area contributed by atoms with E-state index in [2.05, 4.69) is 32.7 Å². The van der Waals surface area contributed by atoms with Gasteiger partial charge in [0.1, 0.15) is 0 Å². The minimum atomic E-state index is -0.0720. The Balaban J connectivity index is 1.38. The molecular weight excluding hydrogens is 376 g/mol. The topological polar surface area (TPSA) is 85.6 Å². The molecule has 0 atom stereocenters. The molecule has 1 N–H and O–H groups in total. The van der Waals surface area contributed by atoms with Crippen LogP contribution in [0.2, 0.25) is 0 Å². The molecule has 150 valence electrons. The standard InChI is InChI=1S/C23H22N6O/c1-14-19-8-3-4-9-21(19)24-15(2)20(14)13-22(30)25-17-7-5-6-16(12-17)23-26-27-28-29(23)18-10-11-18/h3-9,12,18H,10-11,13H2,1-2H3,(H,25,30). The van der Waals surface area contributed by atoms with Crippen LogP contribution in [0.15, 0.2) is 48.5 Å². The lowest BCUT2D eigenvalue weighted by Gasteiger charge is -2.13. The normalized spacial score (nSPS) is 13.5. The third-order valence-corrected chi connectivity index (χ3v) is 5.61. The van der Waals surface area contributed by atoms with Gasteiger partial charge >= 0.3 is 0 Å². The number of nitrogens with zero attached hydrogens (tertiary/aromatic N) is 5. The molecule has 7 nitrogen and oxygen atoms in total. The van der Waals surface area contributed by atoms with Crippen molar-refractivity contribution in [3.05, 3.63) is 65.4 Å². The maximum absolute atomic E-state index is 12.8. The number of anilines is 1. The van der Waals surface area contributed by atoms with Gasteiger partial charge in [-0.15, -0.1) is 5.10 Å². The van der Waals surface area contributed by atoms with Gasteiger partial charge in [0.25, 0.3) is 0 Å². The van der Waals surface area contributed by atoms with Crippen LogP contribution in [-0.4, -0.2) is 31.1 Å². The van der Waals surface area contributed by atoms with Crippen molar-refractivity contribution in [2.45, 2.75) is 39.2 Å². The second-order valence-corrected chi connectivity index (χ2v) is 7.80. The van der Waals surface area contributed by atoms with Crippen LogP contribution in [0.5, 0.6) is 0 Å². The fourth-order valence-electron chi connectivity index (χ4n) is 3.88. The lowest BCUT2D eigenvalue weighted by atomic mass is 9.99. The molecular formula is C23H22N6O. The van der Waals surface area contributed by atoms with E-state index < -0.39 is 0 Å². The number of hydrogen-bond donors (Lipinski definition) is 1. The number of benzene rings is 2. The second kappa shape index (κ2) is 7.33. The van der Waals surface area contributed by atoms with Gasteiger partial charge in [-0.25, -0.2) is 4.68 Å². The van der Waals surface area contributed by atoms with Crippen LogP contribution < -0.4 is 5.32 Å². The molecule has 1 fully saturated rings. The Morgan fingerprint density at radius 3 is 2.80 bits per heavy atom. The first-order valence-electron chi connectivity index (χ1n) is 10.1. The molecule has 4 aromatic rings.